The Balaban J connectivity index is 1.69. The molecule has 0 saturated carbocycles. The molecule has 5 nitrogen and oxygen atoms in total. The van der Waals surface area contributed by atoms with Crippen LogP contribution in [0.1, 0.15) is 37.7 Å². The van der Waals surface area contributed by atoms with Crippen molar-refractivity contribution in [1.82, 2.24) is 10.0 Å². The molecule has 1 aliphatic carbocycles. The molecular formula is C23H27ClN2O3S. The van der Waals surface area contributed by atoms with E-state index < -0.39 is 16.1 Å². The largest absolute Gasteiger partial charge is 0.354 e. The molecule has 30 heavy (non-hydrogen) atoms. The first-order valence-corrected chi connectivity index (χ1v) is 12.1. The minimum Gasteiger partial charge on any atom is -0.354 e. The molecule has 0 bridgehead atoms. The Hall–Kier alpha value is -2.15. The Bertz CT molecular complexity index is 973. The number of sulfonamides is 1. The van der Waals surface area contributed by atoms with Gasteiger partial charge in [0.1, 0.15) is 6.04 Å². The van der Waals surface area contributed by atoms with Crippen LogP contribution in [0.4, 0.5) is 0 Å². The number of hydrogen-bond donors (Lipinski definition) is 2. The summed E-state index contributed by atoms with van der Waals surface area (Å²) in [5.74, 6) is -0.326. The first-order chi connectivity index (χ1) is 14.4. The average Bonchev–Trinajstić information content (AvgIpc) is 2.75. The number of rotatable bonds is 9. The standard InChI is InChI=1S/C23H27ClN2O3S/c24-20-11-13-21(14-12-20)30(28,29)26-22(17-19-9-5-2-6-10-19)23(27)25-16-15-18-7-3-1-4-8-18/h2,5-7,9-14,22,26H,1,3-4,8,15-17H2,(H,25,27). The van der Waals surface area contributed by atoms with Gasteiger partial charge >= 0.3 is 0 Å². The number of nitrogens with one attached hydrogen (secondary N) is 2. The Morgan fingerprint density at radius 2 is 1.77 bits per heavy atom. The molecule has 0 spiro atoms. The zero-order valence-electron chi connectivity index (χ0n) is 16.8. The lowest BCUT2D eigenvalue weighted by Gasteiger charge is -2.19. The zero-order valence-corrected chi connectivity index (χ0v) is 18.4. The van der Waals surface area contributed by atoms with Crippen LogP contribution in [0, 0.1) is 0 Å². The maximum atomic E-state index is 12.9. The average molecular weight is 447 g/mol. The predicted octanol–water partition coefficient (Wildman–Crippen LogP) is 4.24. The van der Waals surface area contributed by atoms with Gasteiger partial charge in [-0.25, -0.2) is 8.42 Å². The molecular weight excluding hydrogens is 420 g/mol. The molecule has 1 atom stereocenters. The van der Waals surface area contributed by atoms with Crippen molar-refractivity contribution in [2.45, 2.75) is 49.5 Å². The Kier molecular flexibility index (Phi) is 8.08. The summed E-state index contributed by atoms with van der Waals surface area (Å²) in [6.45, 7) is 0.499. The second-order valence-corrected chi connectivity index (χ2v) is 9.62. The van der Waals surface area contributed by atoms with Crippen molar-refractivity contribution in [2.24, 2.45) is 0 Å². The highest BCUT2D eigenvalue weighted by Gasteiger charge is 2.26. The highest BCUT2D eigenvalue weighted by Crippen LogP contribution is 2.19. The lowest BCUT2D eigenvalue weighted by Crippen LogP contribution is -2.48. The maximum Gasteiger partial charge on any atom is 0.241 e. The summed E-state index contributed by atoms with van der Waals surface area (Å²) in [6.07, 6.45) is 7.91. The van der Waals surface area contributed by atoms with Gasteiger partial charge < -0.3 is 5.32 Å². The third-order valence-electron chi connectivity index (χ3n) is 5.15. The SMILES string of the molecule is O=C(NCCC1=CCCCC1)C(Cc1ccccc1)NS(=O)(=O)c1ccc(Cl)cc1. The fraction of sp³-hybridized carbons (Fsp3) is 0.348. The molecule has 1 amide bonds. The van der Waals surface area contributed by atoms with Crippen LogP contribution in [0.5, 0.6) is 0 Å². The monoisotopic (exact) mass is 446 g/mol. The van der Waals surface area contributed by atoms with E-state index in [9.17, 15) is 13.2 Å². The van der Waals surface area contributed by atoms with Gasteiger partial charge in [0.05, 0.1) is 4.90 Å². The summed E-state index contributed by atoms with van der Waals surface area (Å²) >= 11 is 5.86. The lowest BCUT2D eigenvalue weighted by atomic mass is 9.97. The van der Waals surface area contributed by atoms with Gasteiger partial charge in [-0.2, -0.15) is 4.72 Å². The summed E-state index contributed by atoms with van der Waals surface area (Å²) in [7, 11) is -3.87. The molecule has 0 heterocycles. The minimum atomic E-state index is -3.87. The maximum absolute atomic E-state index is 12.9. The smallest absolute Gasteiger partial charge is 0.241 e. The molecule has 0 aliphatic heterocycles. The van der Waals surface area contributed by atoms with Crippen molar-refractivity contribution in [3.63, 3.8) is 0 Å². The van der Waals surface area contributed by atoms with Gasteiger partial charge in [-0.1, -0.05) is 53.6 Å². The number of benzene rings is 2. The molecule has 1 unspecified atom stereocenters. The minimum absolute atomic E-state index is 0.0742. The van der Waals surface area contributed by atoms with E-state index in [4.69, 9.17) is 11.6 Å². The summed E-state index contributed by atoms with van der Waals surface area (Å²) in [5.41, 5.74) is 2.24. The first kappa shape index (κ1) is 22.5. The van der Waals surface area contributed by atoms with Gasteiger partial charge in [0.2, 0.25) is 15.9 Å². The number of hydrogen-bond acceptors (Lipinski definition) is 3. The van der Waals surface area contributed by atoms with Gasteiger partial charge in [-0.3, -0.25) is 4.79 Å². The fourth-order valence-corrected chi connectivity index (χ4v) is 4.83. The molecule has 2 aromatic carbocycles. The summed E-state index contributed by atoms with van der Waals surface area (Å²) in [5, 5.41) is 3.35. The summed E-state index contributed by atoms with van der Waals surface area (Å²) < 4.78 is 28.2. The fourth-order valence-electron chi connectivity index (χ4n) is 3.51. The number of amides is 1. The van der Waals surface area contributed by atoms with Crippen molar-refractivity contribution in [1.29, 1.82) is 0 Å². The van der Waals surface area contributed by atoms with E-state index in [1.54, 1.807) is 0 Å². The molecule has 1 aliphatic rings. The third-order valence-corrected chi connectivity index (χ3v) is 6.89. The predicted molar refractivity (Wildman–Crippen MR) is 120 cm³/mol. The Labute approximate surface area is 183 Å². The second kappa shape index (κ2) is 10.8. The van der Waals surface area contributed by atoms with Gasteiger partial charge in [-0.05, 0) is 68.4 Å². The molecule has 0 fully saturated rings. The number of carbonyl (C=O) groups excluding carboxylic acids is 1. The second-order valence-electron chi connectivity index (χ2n) is 7.47. The first-order valence-electron chi connectivity index (χ1n) is 10.2. The molecule has 2 N–H and O–H groups in total. The van der Waals surface area contributed by atoms with Crippen molar-refractivity contribution in [3.05, 3.63) is 76.8 Å². The van der Waals surface area contributed by atoms with E-state index in [0.29, 0.717) is 11.6 Å². The number of halogens is 1. The van der Waals surface area contributed by atoms with Gasteiger partial charge in [0.15, 0.2) is 0 Å². The van der Waals surface area contributed by atoms with Gasteiger partial charge in [-0.15, -0.1) is 0 Å². The van der Waals surface area contributed by atoms with Gasteiger partial charge in [0, 0.05) is 11.6 Å². The highest BCUT2D eigenvalue weighted by molar-refractivity contribution is 7.89. The topological polar surface area (TPSA) is 75.3 Å². The van der Waals surface area contributed by atoms with E-state index in [2.05, 4.69) is 16.1 Å². The van der Waals surface area contributed by atoms with Crippen LogP contribution in [0.25, 0.3) is 0 Å². The van der Waals surface area contributed by atoms with E-state index in [1.807, 2.05) is 30.3 Å². The molecule has 2 aromatic rings. The highest BCUT2D eigenvalue weighted by atomic mass is 35.5. The normalized spacial score (nSPS) is 15.3. The van der Waals surface area contributed by atoms with Crippen molar-refractivity contribution in [2.75, 3.05) is 6.54 Å². The van der Waals surface area contributed by atoms with E-state index in [1.165, 1.54) is 42.7 Å². The quantitative estimate of drug-likeness (QED) is 0.566. The molecule has 160 valence electrons. The van der Waals surface area contributed by atoms with Crippen LogP contribution in [-0.2, 0) is 21.2 Å². The zero-order chi connectivity index (χ0) is 21.4. The Morgan fingerprint density at radius 3 is 2.43 bits per heavy atom. The van der Waals surface area contributed by atoms with Crippen molar-refractivity contribution in [3.8, 4) is 0 Å². The van der Waals surface area contributed by atoms with Crippen molar-refractivity contribution >= 4 is 27.5 Å². The van der Waals surface area contributed by atoms with Crippen LogP contribution >= 0.6 is 11.6 Å². The summed E-state index contributed by atoms with van der Waals surface area (Å²) in [4.78, 5) is 12.9. The van der Waals surface area contributed by atoms with Crippen LogP contribution < -0.4 is 10.0 Å². The van der Waals surface area contributed by atoms with Crippen LogP contribution in [-0.4, -0.2) is 26.9 Å². The lowest BCUT2D eigenvalue weighted by molar-refractivity contribution is -0.122. The van der Waals surface area contributed by atoms with Gasteiger partial charge in [0.25, 0.3) is 0 Å². The van der Waals surface area contributed by atoms with Crippen molar-refractivity contribution < 1.29 is 13.2 Å². The van der Waals surface area contributed by atoms with Crippen LogP contribution in [0.3, 0.4) is 0 Å². The van der Waals surface area contributed by atoms with Crippen LogP contribution in [0.2, 0.25) is 5.02 Å². The molecule has 3 rings (SSSR count). The number of allylic oxidation sites excluding steroid dienone is 1. The number of carbonyl (C=O) groups is 1. The van der Waals surface area contributed by atoms with E-state index in [-0.39, 0.29) is 17.2 Å². The summed E-state index contributed by atoms with van der Waals surface area (Å²) in [6, 6.07) is 14.4. The third kappa shape index (κ3) is 6.69. The van der Waals surface area contributed by atoms with E-state index >= 15 is 0 Å². The molecule has 0 aromatic heterocycles. The van der Waals surface area contributed by atoms with E-state index in [0.717, 1.165) is 24.8 Å². The Morgan fingerprint density at radius 1 is 1.03 bits per heavy atom. The van der Waals surface area contributed by atoms with Crippen LogP contribution in [0.15, 0.2) is 71.1 Å². The molecule has 0 radical (unpaired) electrons. The molecule has 0 saturated heterocycles. The molecule has 7 heteroatoms.